The smallest absolute Gasteiger partial charge is 0.123 e. The van der Waals surface area contributed by atoms with Crippen molar-refractivity contribution >= 4 is 23.2 Å². The van der Waals surface area contributed by atoms with E-state index in [0.717, 1.165) is 29.0 Å². The predicted molar refractivity (Wildman–Crippen MR) is 93.8 cm³/mol. The van der Waals surface area contributed by atoms with Crippen LogP contribution in [0.3, 0.4) is 0 Å². The number of halogens is 2. The van der Waals surface area contributed by atoms with Crippen molar-refractivity contribution in [2.45, 2.75) is 32.5 Å². The van der Waals surface area contributed by atoms with Crippen LogP contribution in [0.2, 0.25) is 10.0 Å². The third-order valence-electron chi connectivity index (χ3n) is 3.93. The number of hydrogen-bond donors (Lipinski definition) is 1. The summed E-state index contributed by atoms with van der Waals surface area (Å²) in [7, 11) is 1.70. The highest BCUT2D eigenvalue weighted by Crippen LogP contribution is 2.35. The molecule has 0 radical (unpaired) electrons. The van der Waals surface area contributed by atoms with Crippen molar-refractivity contribution < 1.29 is 9.47 Å². The zero-order valence-corrected chi connectivity index (χ0v) is 14.7. The van der Waals surface area contributed by atoms with E-state index in [1.165, 1.54) is 5.56 Å². The Kier molecular flexibility index (Phi) is 5.00. The molecule has 0 saturated heterocycles. The van der Waals surface area contributed by atoms with Gasteiger partial charge in [-0.1, -0.05) is 29.3 Å². The number of nitrogens with one attached hydrogen (secondary N) is 1. The predicted octanol–water partition coefficient (Wildman–Crippen LogP) is 4.62. The normalized spacial score (nSPS) is 16.1. The molecule has 1 atom stereocenters. The minimum absolute atomic E-state index is 0.231. The van der Waals surface area contributed by atoms with Crippen molar-refractivity contribution in [2.75, 3.05) is 7.11 Å². The van der Waals surface area contributed by atoms with Gasteiger partial charge < -0.3 is 14.8 Å². The first kappa shape index (κ1) is 16.4. The third kappa shape index (κ3) is 3.74. The lowest BCUT2D eigenvalue weighted by Gasteiger charge is -2.12. The van der Waals surface area contributed by atoms with Crippen LogP contribution in [0.4, 0.5) is 0 Å². The van der Waals surface area contributed by atoms with E-state index >= 15 is 0 Å². The van der Waals surface area contributed by atoms with Crippen molar-refractivity contribution in [3.05, 3.63) is 57.1 Å². The SMILES string of the molecule is COc1cc2c(cc1CNCc1ccc(Cl)c(Cl)c1)OC(C)C2. The maximum atomic E-state index is 6.04. The van der Waals surface area contributed by atoms with E-state index in [9.17, 15) is 0 Å². The van der Waals surface area contributed by atoms with Gasteiger partial charge in [-0.2, -0.15) is 0 Å². The van der Waals surface area contributed by atoms with Crippen LogP contribution < -0.4 is 14.8 Å². The summed E-state index contributed by atoms with van der Waals surface area (Å²) in [4.78, 5) is 0. The van der Waals surface area contributed by atoms with Gasteiger partial charge in [0.15, 0.2) is 0 Å². The molecular weight excluding hydrogens is 333 g/mol. The molecule has 1 aliphatic rings. The first-order valence-corrected chi connectivity index (χ1v) is 8.33. The summed E-state index contributed by atoms with van der Waals surface area (Å²) in [6.45, 7) is 3.47. The Labute approximate surface area is 146 Å². The van der Waals surface area contributed by atoms with Gasteiger partial charge in [0, 0.05) is 30.6 Å². The van der Waals surface area contributed by atoms with Crippen LogP contribution in [0.5, 0.6) is 11.5 Å². The largest absolute Gasteiger partial charge is 0.496 e. The van der Waals surface area contributed by atoms with Crippen LogP contribution in [-0.2, 0) is 19.5 Å². The molecule has 3 rings (SSSR count). The van der Waals surface area contributed by atoms with Crippen LogP contribution in [0, 0.1) is 0 Å². The first-order chi connectivity index (χ1) is 11.1. The second kappa shape index (κ2) is 7.00. The maximum Gasteiger partial charge on any atom is 0.123 e. The van der Waals surface area contributed by atoms with E-state index in [1.807, 2.05) is 18.2 Å². The van der Waals surface area contributed by atoms with Crippen LogP contribution >= 0.6 is 23.2 Å². The highest BCUT2D eigenvalue weighted by atomic mass is 35.5. The molecule has 1 unspecified atom stereocenters. The Morgan fingerprint density at radius 2 is 2.00 bits per heavy atom. The Morgan fingerprint density at radius 3 is 2.74 bits per heavy atom. The topological polar surface area (TPSA) is 30.5 Å². The quantitative estimate of drug-likeness (QED) is 0.852. The molecule has 0 amide bonds. The van der Waals surface area contributed by atoms with Gasteiger partial charge in [0.1, 0.15) is 17.6 Å². The summed E-state index contributed by atoms with van der Waals surface area (Å²) in [6.07, 6.45) is 1.16. The van der Waals surface area contributed by atoms with Gasteiger partial charge in [-0.25, -0.2) is 0 Å². The van der Waals surface area contributed by atoms with Gasteiger partial charge in [0.25, 0.3) is 0 Å². The fraction of sp³-hybridized carbons (Fsp3) is 0.333. The molecule has 0 bridgehead atoms. The standard InChI is InChI=1S/C18H19Cl2NO2/c1-11-5-13-7-17(22-2)14(8-18(13)23-11)10-21-9-12-3-4-15(19)16(20)6-12/h3-4,6-8,11,21H,5,9-10H2,1-2H3. The van der Waals surface area contributed by atoms with Gasteiger partial charge in [0.2, 0.25) is 0 Å². The van der Waals surface area contributed by atoms with E-state index in [1.54, 1.807) is 7.11 Å². The van der Waals surface area contributed by atoms with Crippen molar-refractivity contribution in [1.29, 1.82) is 0 Å². The lowest BCUT2D eigenvalue weighted by atomic mass is 10.1. The van der Waals surface area contributed by atoms with Crippen molar-refractivity contribution in [3.8, 4) is 11.5 Å². The molecule has 0 fully saturated rings. The Hall–Kier alpha value is -1.42. The van der Waals surface area contributed by atoms with Crippen LogP contribution in [0.15, 0.2) is 30.3 Å². The monoisotopic (exact) mass is 351 g/mol. The fourth-order valence-corrected chi connectivity index (χ4v) is 3.12. The van der Waals surface area contributed by atoms with Crippen molar-refractivity contribution in [2.24, 2.45) is 0 Å². The molecule has 0 spiro atoms. The molecule has 2 aromatic carbocycles. The maximum absolute atomic E-state index is 6.04. The molecule has 0 aromatic heterocycles. The lowest BCUT2D eigenvalue weighted by Crippen LogP contribution is -2.13. The molecule has 23 heavy (non-hydrogen) atoms. The average Bonchev–Trinajstić information content (AvgIpc) is 2.89. The minimum atomic E-state index is 0.231. The van der Waals surface area contributed by atoms with Gasteiger partial charge >= 0.3 is 0 Å². The van der Waals surface area contributed by atoms with Gasteiger partial charge in [-0.05, 0) is 36.8 Å². The molecule has 5 heteroatoms. The van der Waals surface area contributed by atoms with E-state index in [4.69, 9.17) is 32.7 Å². The number of fused-ring (bicyclic) bond motifs is 1. The summed E-state index contributed by atoms with van der Waals surface area (Å²) in [6, 6.07) is 9.80. The van der Waals surface area contributed by atoms with Crippen molar-refractivity contribution in [3.63, 3.8) is 0 Å². The Balaban J connectivity index is 1.68. The van der Waals surface area contributed by atoms with Gasteiger partial charge in [-0.3, -0.25) is 0 Å². The number of hydrogen-bond acceptors (Lipinski definition) is 3. The zero-order chi connectivity index (χ0) is 16.4. The van der Waals surface area contributed by atoms with E-state index < -0.39 is 0 Å². The highest BCUT2D eigenvalue weighted by molar-refractivity contribution is 6.42. The van der Waals surface area contributed by atoms with Crippen LogP contribution in [0.25, 0.3) is 0 Å². The summed E-state index contributed by atoms with van der Waals surface area (Å²) >= 11 is 12.0. The molecule has 1 heterocycles. The van der Waals surface area contributed by atoms with Crippen LogP contribution in [0.1, 0.15) is 23.6 Å². The molecule has 122 valence electrons. The molecule has 2 aromatic rings. The Bertz CT molecular complexity index is 718. The first-order valence-electron chi connectivity index (χ1n) is 7.58. The number of methoxy groups -OCH3 is 1. The highest BCUT2D eigenvalue weighted by Gasteiger charge is 2.21. The Morgan fingerprint density at radius 1 is 1.17 bits per heavy atom. The molecular formula is C18H19Cl2NO2. The second-order valence-electron chi connectivity index (χ2n) is 5.76. The number of ether oxygens (including phenoxy) is 2. The second-order valence-corrected chi connectivity index (χ2v) is 6.57. The molecule has 1 N–H and O–H groups in total. The van der Waals surface area contributed by atoms with E-state index in [0.29, 0.717) is 23.1 Å². The van der Waals surface area contributed by atoms with E-state index in [-0.39, 0.29) is 6.10 Å². The van der Waals surface area contributed by atoms with E-state index in [2.05, 4.69) is 24.4 Å². The third-order valence-corrected chi connectivity index (χ3v) is 4.67. The van der Waals surface area contributed by atoms with Crippen molar-refractivity contribution in [1.82, 2.24) is 5.32 Å². The minimum Gasteiger partial charge on any atom is -0.496 e. The molecule has 0 aliphatic carbocycles. The summed E-state index contributed by atoms with van der Waals surface area (Å²) in [5.74, 6) is 1.85. The fourth-order valence-electron chi connectivity index (χ4n) is 2.80. The molecule has 0 saturated carbocycles. The van der Waals surface area contributed by atoms with Crippen LogP contribution in [-0.4, -0.2) is 13.2 Å². The number of rotatable bonds is 5. The summed E-state index contributed by atoms with van der Waals surface area (Å²) in [5, 5.41) is 4.55. The molecule has 1 aliphatic heterocycles. The number of benzene rings is 2. The lowest BCUT2D eigenvalue weighted by molar-refractivity contribution is 0.254. The zero-order valence-electron chi connectivity index (χ0n) is 13.2. The summed E-state index contributed by atoms with van der Waals surface area (Å²) < 4.78 is 11.3. The average molecular weight is 352 g/mol. The molecule has 3 nitrogen and oxygen atoms in total. The summed E-state index contributed by atoms with van der Waals surface area (Å²) in [5.41, 5.74) is 3.38. The van der Waals surface area contributed by atoms with Gasteiger partial charge in [-0.15, -0.1) is 0 Å². The van der Waals surface area contributed by atoms with Gasteiger partial charge in [0.05, 0.1) is 17.2 Å².